The molecule has 1 aromatic carbocycles. The molecule has 1 rings (SSSR count). The third-order valence-corrected chi connectivity index (χ3v) is 3.02. The number of nitrogens with zero attached hydrogens (tertiary/aromatic N) is 1. The number of carbonyl (C=O) groups excluding carboxylic acids is 1. The molecule has 5 heteroatoms. The van der Waals surface area contributed by atoms with Crippen molar-refractivity contribution in [3.8, 4) is 6.07 Å². The van der Waals surface area contributed by atoms with E-state index in [1.807, 2.05) is 6.07 Å². The van der Waals surface area contributed by atoms with Crippen LogP contribution < -0.4 is 5.32 Å². The van der Waals surface area contributed by atoms with Crippen LogP contribution in [0.3, 0.4) is 0 Å². The maximum absolute atomic E-state index is 11.9. The van der Waals surface area contributed by atoms with E-state index < -0.39 is 5.91 Å². The van der Waals surface area contributed by atoms with Crippen LogP contribution >= 0.6 is 15.9 Å². The summed E-state index contributed by atoms with van der Waals surface area (Å²) in [7, 11) is 0. The molecule has 4 nitrogen and oxygen atoms in total. The molecule has 19 heavy (non-hydrogen) atoms. The maximum atomic E-state index is 11.9. The van der Waals surface area contributed by atoms with Gasteiger partial charge in [0, 0.05) is 17.4 Å². The van der Waals surface area contributed by atoms with E-state index in [9.17, 15) is 9.90 Å². The van der Waals surface area contributed by atoms with Gasteiger partial charge in [-0.2, -0.15) is 5.26 Å². The van der Waals surface area contributed by atoms with Gasteiger partial charge in [0.15, 0.2) is 5.57 Å². The maximum Gasteiger partial charge on any atom is 0.269 e. The molecule has 0 saturated heterocycles. The van der Waals surface area contributed by atoms with Crippen LogP contribution in [0.15, 0.2) is 41.7 Å². The number of aliphatic hydroxyl groups is 1. The first-order valence-corrected chi connectivity index (χ1v) is 7.05. The minimum atomic E-state index is -0.579. The number of unbranched alkanes of at least 4 members (excludes halogenated alkanes) is 1. The van der Waals surface area contributed by atoms with E-state index in [0.717, 1.165) is 18.2 Å². The Kier molecular flexibility index (Phi) is 6.69. The van der Waals surface area contributed by atoms with Crippen LogP contribution in [0.5, 0.6) is 0 Å². The van der Waals surface area contributed by atoms with Gasteiger partial charge in [0.2, 0.25) is 0 Å². The Labute approximate surface area is 120 Å². The number of benzene rings is 1. The first-order valence-electron chi connectivity index (χ1n) is 5.93. The van der Waals surface area contributed by atoms with Crippen LogP contribution in [0.2, 0.25) is 0 Å². The van der Waals surface area contributed by atoms with Crippen molar-refractivity contribution in [2.75, 3.05) is 10.6 Å². The number of rotatable bonds is 6. The zero-order chi connectivity index (χ0) is 14.1. The van der Waals surface area contributed by atoms with Crippen LogP contribution in [0, 0.1) is 11.3 Å². The zero-order valence-corrected chi connectivity index (χ0v) is 12.0. The Bertz CT molecular complexity index is 492. The lowest BCUT2D eigenvalue weighted by atomic mass is 10.1. The number of nitriles is 1. The largest absolute Gasteiger partial charge is 0.511 e. The van der Waals surface area contributed by atoms with E-state index in [-0.39, 0.29) is 11.3 Å². The second kappa shape index (κ2) is 8.33. The molecule has 0 saturated carbocycles. The Morgan fingerprint density at radius 1 is 1.32 bits per heavy atom. The molecule has 0 aromatic heterocycles. The number of aliphatic hydroxyl groups excluding tert-OH is 1. The molecule has 1 aromatic rings. The Hall–Kier alpha value is -1.80. The van der Waals surface area contributed by atoms with Crippen molar-refractivity contribution in [3.63, 3.8) is 0 Å². The van der Waals surface area contributed by atoms with Gasteiger partial charge >= 0.3 is 0 Å². The average molecular weight is 323 g/mol. The molecule has 0 fully saturated rings. The molecule has 100 valence electrons. The van der Waals surface area contributed by atoms with Crippen LogP contribution in [0.25, 0.3) is 0 Å². The Morgan fingerprint density at radius 3 is 2.58 bits per heavy atom. The summed E-state index contributed by atoms with van der Waals surface area (Å²) < 4.78 is 0. The van der Waals surface area contributed by atoms with Crippen LogP contribution in [0.4, 0.5) is 5.69 Å². The van der Waals surface area contributed by atoms with Gasteiger partial charge in [-0.25, -0.2) is 0 Å². The minimum Gasteiger partial charge on any atom is -0.511 e. The summed E-state index contributed by atoms with van der Waals surface area (Å²) in [6.45, 7) is 0. The highest BCUT2D eigenvalue weighted by Crippen LogP contribution is 2.13. The zero-order valence-electron chi connectivity index (χ0n) is 10.4. The summed E-state index contributed by atoms with van der Waals surface area (Å²) in [4.78, 5) is 11.9. The predicted molar refractivity (Wildman–Crippen MR) is 78.0 cm³/mol. The molecular weight excluding hydrogens is 308 g/mol. The Balaban J connectivity index is 2.71. The molecule has 0 unspecified atom stereocenters. The second-order valence-electron chi connectivity index (χ2n) is 3.90. The van der Waals surface area contributed by atoms with Crippen molar-refractivity contribution in [2.24, 2.45) is 0 Å². The third-order valence-electron chi connectivity index (χ3n) is 2.46. The molecule has 0 radical (unpaired) electrons. The quantitative estimate of drug-likeness (QED) is 0.276. The van der Waals surface area contributed by atoms with Gasteiger partial charge in [0.05, 0.1) is 0 Å². The molecule has 0 aliphatic carbocycles. The van der Waals surface area contributed by atoms with E-state index in [2.05, 4.69) is 21.2 Å². The summed E-state index contributed by atoms with van der Waals surface area (Å²) in [6, 6.07) is 10.6. The van der Waals surface area contributed by atoms with Gasteiger partial charge in [0.1, 0.15) is 11.8 Å². The van der Waals surface area contributed by atoms with E-state index in [0.29, 0.717) is 12.1 Å². The number of anilines is 1. The molecule has 0 heterocycles. The van der Waals surface area contributed by atoms with Crippen LogP contribution in [-0.2, 0) is 4.79 Å². The Morgan fingerprint density at radius 2 is 2.00 bits per heavy atom. The summed E-state index contributed by atoms with van der Waals surface area (Å²) in [6.07, 6.45) is 1.93. The topological polar surface area (TPSA) is 73.1 Å². The predicted octanol–water partition coefficient (Wildman–Crippen LogP) is 3.53. The molecule has 0 bridgehead atoms. The van der Waals surface area contributed by atoms with Crippen molar-refractivity contribution < 1.29 is 9.90 Å². The smallest absolute Gasteiger partial charge is 0.269 e. The highest BCUT2D eigenvalue weighted by atomic mass is 79.9. The highest BCUT2D eigenvalue weighted by molar-refractivity contribution is 9.09. The number of carbonyl (C=O) groups is 1. The van der Waals surface area contributed by atoms with Crippen molar-refractivity contribution in [1.82, 2.24) is 0 Å². The fourth-order valence-electron chi connectivity index (χ4n) is 1.47. The summed E-state index contributed by atoms with van der Waals surface area (Å²) >= 11 is 3.28. The molecular formula is C14H15BrN2O2. The van der Waals surface area contributed by atoms with E-state index in [4.69, 9.17) is 5.26 Å². The molecule has 0 aliphatic rings. The van der Waals surface area contributed by atoms with Crippen molar-refractivity contribution in [2.45, 2.75) is 19.3 Å². The number of amides is 1. The van der Waals surface area contributed by atoms with Crippen molar-refractivity contribution >= 4 is 27.5 Å². The third kappa shape index (κ3) is 5.14. The molecule has 0 aliphatic heterocycles. The lowest BCUT2D eigenvalue weighted by Crippen LogP contribution is -2.15. The van der Waals surface area contributed by atoms with Crippen LogP contribution in [0.1, 0.15) is 19.3 Å². The minimum absolute atomic E-state index is 0.156. The normalized spacial score (nSPS) is 11.4. The molecule has 0 spiro atoms. The van der Waals surface area contributed by atoms with Crippen LogP contribution in [-0.4, -0.2) is 16.3 Å². The van der Waals surface area contributed by atoms with Gasteiger partial charge < -0.3 is 10.4 Å². The molecule has 0 atom stereocenters. The van der Waals surface area contributed by atoms with Crippen molar-refractivity contribution in [3.05, 3.63) is 41.7 Å². The standard InChI is InChI=1S/C14H15BrN2O2/c15-9-5-4-8-13(18)12(10-16)14(19)17-11-6-2-1-3-7-11/h1-3,6-7,18H,4-5,8-9H2,(H,17,19)/b13-12-. The second-order valence-corrected chi connectivity index (χ2v) is 4.69. The van der Waals surface area contributed by atoms with Gasteiger partial charge in [-0.1, -0.05) is 34.1 Å². The van der Waals surface area contributed by atoms with Crippen molar-refractivity contribution in [1.29, 1.82) is 5.26 Å². The van der Waals surface area contributed by atoms with Gasteiger partial charge in [-0.3, -0.25) is 4.79 Å². The monoisotopic (exact) mass is 322 g/mol. The number of hydrogen-bond donors (Lipinski definition) is 2. The number of hydrogen-bond acceptors (Lipinski definition) is 3. The highest BCUT2D eigenvalue weighted by Gasteiger charge is 2.14. The molecule has 1 amide bonds. The molecule has 2 N–H and O–H groups in total. The number of allylic oxidation sites excluding steroid dienone is 1. The van der Waals surface area contributed by atoms with Gasteiger partial charge in [-0.15, -0.1) is 0 Å². The summed E-state index contributed by atoms with van der Waals surface area (Å²) in [5.41, 5.74) is 0.368. The number of para-hydroxylation sites is 1. The fourth-order valence-corrected chi connectivity index (χ4v) is 1.87. The lowest BCUT2D eigenvalue weighted by Gasteiger charge is -2.06. The van der Waals surface area contributed by atoms with E-state index in [1.165, 1.54) is 0 Å². The summed E-state index contributed by atoms with van der Waals surface area (Å²) in [5, 5.41) is 22.1. The number of alkyl halides is 1. The van der Waals surface area contributed by atoms with Gasteiger partial charge in [0.25, 0.3) is 5.91 Å². The number of halogens is 1. The first kappa shape index (κ1) is 15.3. The summed E-state index contributed by atoms with van der Waals surface area (Å²) in [5.74, 6) is -0.734. The van der Waals surface area contributed by atoms with Gasteiger partial charge in [-0.05, 0) is 25.0 Å². The van der Waals surface area contributed by atoms with E-state index in [1.54, 1.807) is 30.3 Å². The average Bonchev–Trinajstić information content (AvgIpc) is 2.41. The fraction of sp³-hybridized carbons (Fsp3) is 0.286. The SMILES string of the molecule is N#C/C(C(=O)Nc1ccccc1)=C(/O)CCCCBr. The number of nitrogens with one attached hydrogen (secondary N) is 1. The first-order chi connectivity index (χ1) is 9.19. The lowest BCUT2D eigenvalue weighted by molar-refractivity contribution is -0.112. The van der Waals surface area contributed by atoms with E-state index >= 15 is 0 Å².